The zero-order chi connectivity index (χ0) is 26.5. The maximum Gasteiger partial charge on any atom is 0.240 e. The molecule has 37 heavy (non-hydrogen) atoms. The van der Waals surface area contributed by atoms with Gasteiger partial charge in [-0.25, -0.2) is 13.6 Å². The Labute approximate surface area is 218 Å². The van der Waals surface area contributed by atoms with Crippen molar-refractivity contribution in [3.8, 4) is 0 Å². The number of amides is 1. The molecule has 2 fully saturated rings. The van der Waals surface area contributed by atoms with Crippen molar-refractivity contribution in [2.75, 3.05) is 13.2 Å². The van der Waals surface area contributed by atoms with Gasteiger partial charge < -0.3 is 15.4 Å². The van der Waals surface area contributed by atoms with Gasteiger partial charge in [-0.2, -0.15) is 0 Å². The molecule has 1 amide bonds. The fourth-order valence-electron chi connectivity index (χ4n) is 5.51. The van der Waals surface area contributed by atoms with Gasteiger partial charge >= 0.3 is 0 Å². The smallest absolute Gasteiger partial charge is 0.240 e. The van der Waals surface area contributed by atoms with Crippen molar-refractivity contribution in [2.45, 2.75) is 49.6 Å². The third-order valence-electron chi connectivity index (χ3n) is 7.43. The molecular weight excluding hydrogens is 496 g/mol. The van der Waals surface area contributed by atoms with E-state index in [9.17, 15) is 9.18 Å². The molecule has 0 unspecified atom stereocenters. The van der Waals surface area contributed by atoms with Crippen LogP contribution in [0, 0.1) is 18.3 Å². The zero-order valence-electron chi connectivity index (χ0n) is 20.7. The maximum absolute atomic E-state index is 15.3. The molecule has 0 spiro atoms. The molecule has 1 aromatic heterocycles. The zero-order valence-corrected chi connectivity index (χ0v) is 21.6. The summed E-state index contributed by atoms with van der Waals surface area (Å²) >= 11 is 1.26. The monoisotopic (exact) mass is 523 g/mol. The van der Waals surface area contributed by atoms with Crippen LogP contribution in [0.15, 0.2) is 41.5 Å². The van der Waals surface area contributed by atoms with E-state index in [0.717, 1.165) is 0 Å². The van der Waals surface area contributed by atoms with Gasteiger partial charge in [0.15, 0.2) is 5.17 Å². The summed E-state index contributed by atoms with van der Waals surface area (Å²) in [6.07, 6.45) is 3.07. The number of pyridine rings is 1. The molecule has 1 aromatic carbocycles. The van der Waals surface area contributed by atoms with Crippen LogP contribution in [0.1, 0.15) is 44.0 Å². The third-order valence-corrected chi connectivity index (χ3v) is 8.72. The highest BCUT2D eigenvalue weighted by Gasteiger charge is 2.71. The van der Waals surface area contributed by atoms with Crippen molar-refractivity contribution < 1.29 is 18.3 Å². The standard InChI is InChI=1S/C27H27F2N5O2S/c1-15-13-36-14-16(2)34(15)24(35)27-11-23(27)26(3,33-25(30)37-27)19-9-17(5-7-20(19)28)10-21(29)22-8-6-18(31-4)12-32-22/h5-10,12,15-16,23H,11,13-14H2,1-3H3,(H2,30,33)/b21-10-/t15-,16-,23+,26-,27+/m1/s1. The number of nitrogens with zero attached hydrogens (tertiary/aromatic N) is 4. The van der Waals surface area contributed by atoms with Gasteiger partial charge in [0.25, 0.3) is 0 Å². The fourth-order valence-corrected chi connectivity index (χ4v) is 6.93. The summed E-state index contributed by atoms with van der Waals surface area (Å²) in [6, 6.07) is 7.06. The number of amidine groups is 1. The number of thioether (sulfide) groups is 1. The number of aromatic nitrogens is 1. The number of fused-ring (bicyclic) bond motifs is 1. The highest BCUT2D eigenvalue weighted by molar-refractivity contribution is 8.15. The highest BCUT2D eigenvalue weighted by Crippen LogP contribution is 2.66. The average molecular weight is 524 g/mol. The number of carbonyl (C=O) groups is 1. The number of benzene rings is 1. The molecule has 2 N–H and O–H groups in total. The van der Waals surface area contributed by atoms with E-state index in [1.54, 1.807) is 13.0 Å². The van der Waals surface area contributed by atoms with Gasteiger partial charge in [-0.1, -0.05) is 23.9 Å². The molecule has 0 bridgehead atoms. The molecule has 7 nitrogen and oxygen atoms in total. The van der Waals surface area contributed by atoms with Gasteiger partial charge in [0, 0.05) is 17.7 Å². The molecule has 0 radical (unpaired) electrons. The number of hydrogen-bond acceptors (Lipinski definition) is 6. The Kier molecular flexibility index (Phi) is 6.32. The second-order valence-electron chi connectivity index (χ2n) is 10.0. The predicted molar refractivity (Wildman–Crippen MR) is 140 cm³/mol. The quantitative estimate of drug-likeness (QED) is 0.576. The number of halogens is 2. The van der Waals surface area contributed by atoms with Crippen LogP contribution in [0.3, 0.4) is 0 Å². The van der Waals surface area contributed by atoms with Crippen molar-refractivity contribution in [1.82, 2.24) is 9.88 Å². The van der Waals surface area contributed by atoms with Gasteiger partial charge in [-0.3, -0.25) is 14.8 Å². The summed E-state index contributed by atoms with van der Waals surface area (Å²) in [5.41, 5.74) is 6.22. The Hall–Kier alpha value is -3.29. The molecule has 1 saturated heterocycles. The SMILES string of the molecule is [C-]#[N+]c1ccc(/C(F)=C/c2ccc(F)c([C@@]3(C)N=C(N)S[C@@]4(C(=O)N5[C@H](C)COC[C@H]5C)C[C@H]43)c2)nc1. The number of nitrogens with two attached hydrogens (primary N) is 1. The molecule has 192 valence electrons. The maximum atomic E-state index is 15.3. The van der Waals surface area contributed by atoms with Crippen LogP contribution in [-0.4, -0.2) is 51.0 Å². The molecule has 2 aromatic rings. The van der Waals surface area contributed by atoms with E-state index in [1.165, 1.54) is 48.3 Å². The van der Waals surface area contributed by atoms with Crippen LogP contribution < -0.4 is 5.73 Å². The summed E-state index contributed by atoms with van der Waals surface area (Å²) in [5.74, 6) is -1.41. The van der Waals surface area contributed by atoms with Crippen molar-refractivity contribution >= 4 is 40.4 Å². The average Bonchev–Trinajstić information content (AvgIpc) is 3.61. The van der Waals surface area contributed by atoms with Crippen molar-refractivity contribution in [3.63, 3.8) is 0 Å². The van der Waals surface area contributed by atoms with E-state index in [4.69, 9.17) is 17.0 Å². The minimum Gasteiger partial charge on any atom is -0.378 e. The molecule has 1 aliphatic carbocycles. The van der Waals surface area contributed by atoms with Crippen LogP contribution in [-0.2, 0) is 15.1 Å². The minimum atomic E-state index is -1.09. The minimum absolute atomic E-state index is 0.0219. The normalized spacial score (nSPS) is 31.2. The summed E-state index contributed by atoms with van der Waals surface area (Å²) < 4.78 is 35.0. The van der Waals surface area contributed by atoms with Gasteiger partial charge in [-0.15, -0.1) is 0 Å². The Morgan fingerprint density at radius 1 is 1.30 bits per heavy atom. The van der Waals surface area contributed by atoms with Crippen molar-refractivity contribution in [1.29, 1.82) is 0 Å². The van der Waals surface area contributed by atoms with Crippen LogP contribution in [0.25, 0.3) is 16.7 Å². The summed E-state index contributed by atoms with van der Waals surface area (Å²) in [7, 11) is 0. The first kappa shape index (κ1) is 25.4. The Morgan fingerprint density at radius 3 is 2.68 bits per heavy atom. The molecule has 5 rings (SSSR count). The summed E-state index contributed by atoms with van der Waals surface area (Å²) in [5, 5.41) is 0.230. The van der Waals surface area contributed by atoms with Crippen LogP contribution in [0.4, 0.5) is 14.5 Å². The van der Waals surface area contributed by atoms with Crippen LogP contribution in [0.2, 0.25) is 0 Å². The summed E-state index contributed by atoms with van der Waals surface area (Å²) in [4.78, 5) is 27.6. The van der Waals surface area contributed by atoms with Gasteiger partial charge in [0.2, 0.25) is 11.6 Å². The second kappa shape index (κ2) is 9.23. The van der Waals surface area contributed by atoms with Crippen molar-refractivity contribution in [2.24, 2.45) is 16.6 Å². The number of hydrogen-bond donors (Lipinski definition) is 1. The van der Waals surface area contributed by atoms with E-state index in [-0.39, 0.29) is 40.3 Å². The highest BCUT2D eigenvalue weighted by atomic mass is 32.2. The molecule has 1 saturated carbocycles. The third kappa shape index (κ3) is 4.30. The second-order valence-corrected chi connectivity index (χ2v) is 11.4. The lowest BCUT2D eigenvalue weighted by Gasteiger charge is -2.42. The van der Waals surface area contributed by atoms with E-state index in [1.807, 2.05) is 18.7 Å². The van der Waals surface area contributed by atoms with E-state index in [2.05, 4.69) is 14.8 Å². The topological polar surface area (TPSA) is 85.2 Å². The number of aliphatic imine (C=N–C) groups is 1. The van der Waals surface area contributed by atoms with Gasteiger partial charge in [0.1, 0.15) is 16.4 Å². The van der Waals surface area contributed by atoms with E-state index < -0.39 is 21.9 Å². The van der Waals surface area contributed by atoms with E-state index in [0.29, 0.717) is 30.9 Å². The first-order chi connectivity index (χ1) is 17.6. The molecular formula is C27H27F2N5O2S. The van der Waals surface area contributed by atoms with Crippen LogP contribution in [0.5, 0.6) is 0 Å². The molecule has 2 aliphatic heterocycles. The Balaban J connectivity index is 1.48. The number of carbonyl (C=O) groups excluding carboxylic acids is 1. The number of morpholine rings is 1. The molecule has 10 heteroatoms. The van der Waals surface area contributed by atoms with Gasteiger partial charge in [0.05, 0.1) is 43.1 Å². The number of rotatable bonds is 4. The summed E-state index contributed by atoms with van der Waals surface area (Å²) in [6.45, 7) is 13.6. The van der Waals surface area contributed by atoms with Gasteiger partial charge in [-0.05, 0) is 57.0 Å². The Bertz CT molecular complexity index is 1350. The Morgan fingerprint density at radius 2 is 2.03 bits per heavy atom. The first-order valence-corrected chi connectivity index (χ1v) is 12.9. The van der Waals surface area contributed by atoms with Crippen molar-refractivity contribution in [3.05, 3.63) is 70.6 Å². The molecule has 3 aliphatic rings. The molecule has 3 heterocycles. The van der Waals surface area contributed by atoms with Crippen LogP contribution >= 0.6 is 11.8 Å². The predicted octanol–water partition coefficient (Wildman–Crippen LogP) is 4.91. The lowest BCUT2D eigenvalue weighted by atomic mass is 9.84. The lowest BCUT2D eigenvalue weighted by Crippen LogP contribution is -2.57. The first-order valence-electron chi connectivity index (χ1n) is 12.0. The fraction of sp³-hybridized carbons (Fsp3) is 0.407. The van der Waals surface area contributed by atoms with E-state index >= 15 is 4.39 Å². The number of ether oxygens (including phenoxy) is 1. The largest absolute Gasteiger partial charge is 0.378 e. The lowest BCUT2D eigenvalue weighted by molar-refractivity contribution is -0.144. The molecule has 5 atom stereocenters.